The molecule has 1 aromatic carbocycles. The largest absolute Gasteiger partial charge is 0.348 e. The molecule has 1 N–H and O–H groups in total. The lowest BCUT2D eigenvalue weighted by Gasteiger charge is -2.11. The van der Waals surface area contributed by atoms with Crippen LogP contribution in [0.15, 0.2) is 38.7 Å². The second kappa shape index (κ2) is 8.22. The van der Waals surface area contributed by atoms with Crippen LogP contribution in [0.5, 0.6) is 0 Å². The van der Waals surface area contributed by atoms with E-state index in [0.29, 0.717) is 15.5 Å². The molecule has 1 fully saturated rings. The highest BCUT2D eigenvalue weighted by Crippen LogP contribution is 2.29. The Labute approximate surface area is 178 Å². The molecule has 10 heteroatoms. The Morgan fingerprint density at radius 2 is 1.96 bits per heavy atom. The lowest BCUT2D eigenvalue weighted by molar-refractivity contribution is -0.113. The molecular formula is C18H18BrN5O2S2. The van der Waals surface area contributed by atoms with Gasteiger partial charge in [-0.25, -0.2) is 4.98 Å². The molecule has 0 aliphatic carbocycles. The van der Waals surface area contributed by atoms with Gasteiger partial charge < -0.3 is 10.2 Å². The van der Waals surface area contributed by atoms with Crippen LogP contribution in [0.1, 0.15) is 12.8 Å². The van der Waals surface area contributed by atoms with Crippen molar-refractivity contribution in [2.45, 2.75) is 18.0 Å². The number of hydrogen-bond donors (Lipinski definition) is 1. The number of aromatic nitrogens is 3. The van der Waals surface area contributed by atoms with E-state index in [9.17, 15) is 9.59 Å². The highest BCUT2D eigenvalue weighted by atomic mass is 79.9. The number of fused-ring (bicyclic) bond motifs is 1. The summed E-state index contributed by atoms with van der Waals surface area (Å²) in [5, 5.41) is 4.18. The minimum atomic E-state index is -0.155. The van der Waals surface area contributed by atoms with Gasteiger partial charge in [-0.2, -0.15) is 4.98 Å². The van der Waals surface area contributed by atoms with Crippen LogP contribution in [-0.2, 0) is 11.8 Å². The quantitative estimate of drug-likeness (QED) is 0.445. The zero-order chi connectivity index (χ0) is 19.7. The summed E-state index contributed by atoms with van der Waals surface area (Å²) in [6.07, 6.45) is 2.30. The van der Waals surface area contributed by atoms with E-state index in [1.807, 2.05) is 24.3 Å². The fourth-order valence-corrected chi connectivity index (χ4v) is 5.01. The van der Waals surface area contributed by atoms with Gasteiger partial charge in [-0.1, -0.05) is 39.0 Å². The van der Waals surface area contributed by atoms with E-state index in [4.69, 9.17) is 0 Å². The molecule has 1 saturated heterocycles. The van der Waals surface area contributed by atoms with Crippen LogP contribution in [0.2, 0.25) is 0 Å². The van der Waals surface area contributed by atoms with Gasteiger partial charge >= 0.3 is 0 Å². The molecule has 1 amide bonds. The van der Waals surface area contributed by atoms with E-state index < -0.39 is 0 Å². The Balaban J connectivity index is 1.50. The van der Waals surface area contributed by atoms with E-state index in [2.05, 4.69) is 36.1 Å². The lowest BCUT2D eigenvalue weighted by atomic mass is 10.3. The monoisotopic (exact) mass is 479 g/mol. The number of carbonyl (C=O) groups excluding carboxylic acids is 1. The normalized spacial score (nSPS) is 14.0. The third-order valence-corrected chi connectivity index (χ3v) is 7.07. The average Bonchev–Trinajstić information content (AvgIpc) is 3.35. The van der Waals surface area contributed by atoms with E-state index in [1.165, 1.54) is 27.7 Å². The number of carbonyl (C=O) groups is 1. The first-order chi connectivity index (χ1) is 13.5. The third kappa shape index (κ3) is 4.08. The van der Waals surface area contributed by atoms with Gasteiger partial charge in [0.05, 0.1) is 5.75 Å². The van der Waals surface area contributed by atoms with E-state index in [0.717, 1.165) is 41.2 Å². The fourth-order valence-electron chi connectivity index (χ4n) is 2.95. The summed E-state index contributed by atoms with van der Waals surface area (Å²) in [7, 11) is 1.68. The van der Waals surface area contributed by atoms with Gasteiger partial charge in [-0.05, 0) is 37.1 Å². The number of rotatable bonds is 5. The van der Waals surface area contributed by atoms with Crippen molar-refractivity contribution in [3.63, 3.8) is 0 Å². The molecule has 0 unspecified atom stereocenters. The van der Waals surface area contributed by atoms with Crippen LogP contribution in [0.3, 0.4) is 0 Å². The highest BCUT2D eigenvalue weighted by Gasteiger charge is 2.20. The fraction of sp³-hybridized carbons (Fsp3) is 0.333. The van der Waals surface area contributed by atoms with Crippen molar-refractivity contribution >= 4 is 66.1 Å². The van der Waals surface area contributed by atoms with Gasteiger partial charge in [-0.15, -0.1) is 0 Å². The lowest BCUT2D eigenvalue weighted by Crippen LogP contribution is -2.20. The standard InChI is InChI=1S/C18H18BrN5O2S2/c1-23-16(26)14-15(22-18(28-14)24-8-2-3-9-24)21-17(23)27-10-13(25)20-12-6-4-11(19)5-7-12/h4-7H,2-3,8-10H2,1H3,(H,20,25). The molecule has 3 heterocycles. The summed E-state index contributed by atoms with van der Waals surface area (Å²) < 4.78 is 3.00. The smallest absolute Gasteiger partial charge is 0.273 e. The molecule has 2 aromatic heterocycles. The Morgan fingerprint density at radius 3 is 2.68 bits per heavy atom. The molecule has 0 bridgehead atoms. The van der Waals surface area contributed by atoms with Crippen molar-refractivity contribution in [2.24, 2.45) is 7.05 Å². The zero-order valence-corrected chi connectivity index (χ0v) is 18.4. The summed E-state index contributed by atoms with van der Waals surface area (Å²) in [6.45, 7) is 1.94. The number of hydrogen-bond acceptors (Lipinski definition) is 7. The van der Waals surface area contributed by atoms with Gasteiger partial charge in [0.2, 0.25) is 5.91 Å². The third-order valence-electron chi connectivity index (χ3n) is 4.42. The summed E-state index contributed by atoms with van der Waals surface area (Å²) in [4.78, 5) is 36.2. The van der Waals surface area contributed by atoms with Crippen LogP contribution >= 0.6 is 39.0 Å². The van der Waals surface area contributed by atoms with E-state index in [1.54, 1.807) is 7.05 Å². The average molecular weight is 480 g/mol. The topological polar surface area (TPSA) is 80.1 Å². The Hall–Kier alpha value is -1.91. The molecule has 4 rings (SSSR count). The molecule has 1 aliphatic heterocycles. The molecule has 0 atom stereocenters. The SMILES string of the molecule is Cn1c(SCC(=O)Nc2ccc(Br)cc2)nc2nc(N3CCCC3)sc2c1=O. The van der Waals surface area contributed by atoms with Crippen LogP contribution in [0.25, 0.3) is 10.3 Å². The van der Waals surface area contributed by atoms with Gasteiger partial charge in [0, 0.05) is 30.3 Å². The van der Waals surface area contributed by atoms with Gasteiger partial charge in [-0.3, -0.25) is 14.2 Å². The van der Waals surface area contributed by atoms with E-state index >= 15 is 0 Å². The second-order valence-corrected chi connectivity index (χ2v) is 9.28. The maximum Gasteiger partial charge on any atom is 0.273 e. The number of thioether (sulfide) groups is 1. The molecule has 28 heavy (non-hydrogen) atoms. The molecule has 0 radical (unpaired) electrons. The van der Waals surface area contributed by atoms with Crippen molar-refractivity contribution in [3.05, 3.63) is 39.1 Å². The van der Waals surface area contributed by atoms with Crippen LogP contribution in [0, 0.1) is 0 Å². The van der Waals surface area contributed by atoms with Crippen LogP contribution in [0.4, 0.5) is 10.8 Å². The van der Waals surface area contributed by atoms with Crippen molar-refractivity contribution in [1.29, 1.82) is 0 Å². The van der Waals surface area contributed by atoms with Crippen LogP contribution < -0.4 is 15.8 Å². The number of nitrogens with one attached hydrogen (secondary N) is 1. The molecule has 0 spiro atoms. The predicted octanol–water partition coefficient (Wildman–Crippen LogP) is 3.48. The van der Waals surface area contributed by atoms with Gasteiger partial charge in [0.25, 0.3) is 5.56 Å². The number of nitrogens with zero attached hydrogens (tertiary/aromatic N) is 4. The first-order valence-corrected chi connectivity index (χ1v) is 11.4. The molecule has 1 aliphatic rings. The number of thiazole rings is 1. The number of amides is 1. The number of anilines is 2. The second-order valence-electron chi connectivity index (χ2n) is 6.45. The first-order valence-electron chi connectivity index (χ1n) is 8.82. The maximum atomic E-state index is 12.7. The summed E-state index contributed by atoms with van der Waals surface area (Å²) >= 11 is 5.99. The summed E-state index contributed by atoms with van der Waals surface area (Å²) in [6, 6.07) is 7.37. The number of benzene rings is 1. The zero-order valence-electron chi connectivity index (χ0n) is 15.1. The summed E-state index contributed by atoms with van der Waals surface area (Å²) in [5.74, 6) is 0.00280. The van der Waals surface area contributed by atoms with Crippen molar-refractivity contribution in [1.82, 2.24) is 14.5 Å². The van der Waals surface area contributed by atoms with Crippen molar-refractivity contribution in [2.75, 3.05) is 29.1 Å². The molecular weight excluding hydrogens is 462 g/mol. The van der Waals surface area contributed by atoms with Gasteiger partial charge in [0.15, 0.2) is 15.9 Å². The molecule has 3 aromatic rings. The molecule has 146 valence electrons. The maximum absolute atomic E-state index is 12.7. The Kier molecular flexibility index (Phi) is 5.70. The minimum absolute atomic E-state index is 0.122. The molecule has 7 nitrogen and oxygen atoms in total. The predicted molar refractivity (Wildman–Crippen MR) is 118 cm³/mol. The Bertz CT molecular complexity index is 1070. The van der Waals surface area contributed by atoms with Crippen LogP contribution in [-0.4, -0.2) is 39.3 Å². The van der Waals surface area contributed by atoms with E-state index in [-0.39, 0.29) is 17.2 Å². The van der Waals surface area contributed by atoms with Gasteiger partial charge in [0.1, 0.15) is 4.70 Å². The Morgan fingerprint density at radius 1 is 1.25 bits per heavy atom. The first kappa shape index (κ1) is 19.4. The summed E-state index contributed by atoms with van der Waals surface area (Å²) in [5.41, 5.74) is 1.07. The molecule has 0 saturated carbocycles. The minimum Gasteiger partial charge on any atom is -0.348 e. The van der Waals surface area contributed by atoms with Crippen molar-refractivity contribution in [3.8, 4) is 0 Å². The number of halogens is 1. The highest BCUT2D eigenvalue weighted by molar-refractivity contribution is 9.10. The van der Waals surface area contributed by atoms with Crippen molar-refractivity contribution < 1.29 is 4.79 Å².